The minimum absolute atomic E-state index is 0.856. The van der Waals surface area contributed by atoms with Crippen molar-refractivity contribution in [1.82, 2.24) is 4.90 Å². The van der Waals surface area contributed by atoms with Crippen LogP contribution in [0.2, 0.25) is 0 Å². The summed E-state index contributed by atoms with van der Waals surface area (Å²) in [6, 6.07) is 14.8. The Hall–Kier alpha value is -1.61. The van der Waals surface area contributed by atoms with Crippen LogP contribution in [0.15, 0.2) is 42.5 Å². The molecule has 0 saturated carbocycles. The number of hydrogen-bond donors (Lipinski definition) is 1. The highest BCUT2D eigenvalue weighted by molar-refractivity contribution is 7.80. The summed E-state index contributed by atoms with van der Waals surface area (Å²) in [5, 5.41) is 6.72. The van der Waals surface area contributed by atoms with Gasteiger partial charge in [0.2, 0.25) is 0 Å². The molecule has 19 heavy (non-hydrogen) atoms. The quantitative estimate of drug-likeness (QED) is 0.788. The van der Waals surface area contributed by atoms with Crippen molar-refractivity contribution in [3.8, 4) is 0 Å². The molecule has 1 heterocycles. The van der Waals surface area contributed by atoms with Gasteiger partial charge >= 0.3 is 0 Å². The van der Waals surface area contributed by atoms with Crippen LogP contribution in [0.3, 0.4) is 0 Å². The molecule has 1 N–H and O–H groups in total. The smallest absolute Gasteiger partial charge is 0.173 e. The first-order valence-corrected chi connectivity index (χ1v) is 7.28. The Bertz CT molecular complexity index is 588. The van der Waals surface area contributed by atoms with Crippen molar-refractivity contribution in [2.75, 3.05) is 18.4 Å². The SMILES string of the molecule is S=C(Nc1ccc2ccccc2c1)N1CCCCC1. The lowest BCUT2D eigenvalue weighted by Crippen LogP contribution is -2.38. The molecule has 3 heteroatoms. The zero-order valence-corrected chi connectivity index (χ0v) is 11.7. The Kier molecular flexibility index (Phi) is 3.65. The summed E-state index contributed by atoms with van der Waals surface area (Å²) in [6.45, 7) is 2.17. The molecular formula is C16H18N2S. The fraction of sp³-hybridized carbons (Fsp3) is 0.312. The van der Waals surface area contributed by atoms with Crippen LogP contribution in [0, 0.1) is 0 Å². The molecule has 0 spiro atoms. The molecule has 1 aliphatic rings. The second-order valence-electron chi connectivity index (χ2n) is 5.04. The number of likely N-dealkylation sites (tertiary alicyclic amines) is 1. The van der Waals surface area contributed by atoms with Crippen molar-refractivity contribution in [3.63, 3.8) is 0 Å². The van der Waals surface area contributed by atoms with Crippen molar-refractivity contribution >= 4 is 33.8 Å². The van der Waals surface area contributed by atoms with Gasteiger partial charge in [-0.3, -0.25) is 0 Å². The molecule has 2 nitrogen and oxygen atoms in total. The zero-order chi connectivity index (χ0) is 13.1. The van der Waals surface area contributed by atoms with Gasteiger partial charge in [0.15, 0.2) is 5.11 Å². The molecule has 98 valence electrons. The summed E-state index contributed by atoms with van der Waals surface area (Å²) in [6.07, 6.45) is 3.83. The van der Waals surface area contributed by atoms with Crippen molar-refractivity contribution in [2.45, 2.75) is 19.3 Å². The molecule has 1 saturated heterocycles. The van der Waals surface area contributed by atoms with E-state index in [1.54, 1.807) is 0 Å². The molecule has 3 rings (SSSR count). The number of rotatable bonds is 1. The Morgan fingerprint density at radius 1 is 0.947 bits per heavy atom. The summed E-state index contributed by atoms with van der Waals surface area (Å²) < 4.78 is 0. The van der Waals surface area contributed by atoms with E-state index >= 15 is 0 Å². The molecule has 0 aliphatic carbocycles. The lowest BCUT2D eigenvalue weighted by Gasteiger charge is -2.29. The Labute approximate surface area is 119 Å². The van der Waals surface area contributed by atoms with Gasteiger partial charge in [-0.25, -0.2) is 0 Å². The van der Waals surface area contributed by atoms with E-state index in [1.165, 1.54) is 30.0 Å². The van der Waals surface area contributed by atoms with Gasteiger partial charge in [-0.1, -0.05) is 30.3 Å². The minimum atomic E-state index is 0.856. The number of nitrogens with zero attached hydrogens (tertiary/aromatic N) is 1. The average Bonchev–Trinajstić information content (AvgIpc) is 2.48. The fourth-order valence-electron chi connectivity index (χ4n) is 2.57. The number of thiocarbonyl (C=S) groups is 1. The number of nitrogens with one attached hydrogen (secondary N) is 1. The minimum Gasteiger partial charge on any atom is -0.349 e. The second kappa shape index (κ2) is 5.57. The van der Waals surface area contributed by atoms with E-state index in [0.717, 1.165) is 23.9 Å². The average molecular weight is 270 g/mol. The summed E-state index contributed by atoms with van der Waals surface area (Å²) in [5.74, 6) is 0. The van der Waals surface area contributed by atoms with Crippen LogP contribution in [0.1, 0.15) is 19.3 Å². The molecule has 1 fully saturated rings. The second-order valence-corrected chi connectivity index (χ2v) is 5.43. The summed E-state index contributed by atoms with van der Waals surface area (Å²) in [5.41, 5.74) is 1.08. The molecule has 0 amide bonds. The third-order valence-corrected chi connectivity index (χ3v) is 4.00. The van der Waals surface area contributed by atoms with Crippen LogP contribution in [0.5, 0.6) is 0 Å². The molecule has 0 unspecified atom stereocenters. The van der Waals surface area contributed by atoms with Crippen LogP contribution < -0.4 is 5.32 Å². The molecule has 2 aromatic carbocycles. The fourth-order valence-corrected chi connectivity index (χ4v) is 2.87. The first-order chi connectivity index (χ1) is 9.33. The number of benzene rings is 2. The van der Waals surface area contributed by atoms with Crippen molar-refractivity contribution < 1.29 is 0 Å². The van der Waals surface area contributed by atoms with Crippen LogP contribution in [-0.2, 0) is 0 Å². The van der Waals surface area contributed by atoms with E-state index < -0.39 is 0 Å². The van der Waals surface area contributed by atoms with E-state index in [4.69, 9.17) is 12.2 Å². The predicted molar refractivity (Wildman–Crippen MR) is 85.6 cm³/mol. The Morgan fingerprint density at radius 2 is 1.68 bits per heavy atom. The van der Waals surface area contributed by atoms with Gasteiger partial charge in [0, 0.05) is 18.8 Å². The van der Waals surface area contributed by atoms with Crippen LogP contribution in [-0.4, -0.2) is 23.1 Å². The van der Waals surface area contributed by atoms with Gasteiger partial charge in [0.25, 0.3) is 0 Å². The lowest BCUT2D eigenvalue weighted by atomic mass is 10.1. The Morgan fingerprint density at radius 3 is 2.47 bits per heavy atom. The normalized spacial score (nSPS) is 15.5. The van der Waals surface area contributed by atoms with E-state index in [0.29, 0.717) is 0 Å². The first kappa shape index (κ1) is 12.4. The maximum Gasteiger partial charge on any atom is 0.173 e. The standard InChI is InChI=1S/C16H18N2S/c19-16(18-10-4-1-5-11-18)17-15-9-8-13-6-2-3-7-14(13)12-15/h2-3,6-9,12H,1,4-5,10-11H2,(H,17,19). The predicted octanol–water partition coefficient (Wildman–Crippen LogP) is 4.02. The highest BCUT2D eigenvalue weighted by Crippen LogP contribution is 2.19. The monoisotopic (exact) mass is 270 g/mol. The van der Waals surface area contributed by atoms with Gasteiger partial charge in [0.1, 0.15) is 0 Å². The van der Waals surface area contributed by atoms with Gasteiger partial charge in [-0.05, 0) is 54.4 Å². The van der Waals surface area contributed by atoms with Crippen molar-refractivity contribution in [2.24, 2.45) is 0 Å². The first-order valence-electron chi connectivity index (χ1n) is 6.88. The van der Waals surface area contributed by atoms with Gasteiger partial charge in [-0.2, -0.15) is 0 Å². The third-order valence-electron chi connectivity index (χ3n) is 3.64. The number of fused-ring (bicyclic) bond motifs is 1. The van der Waals surface area contributed by atoms with Gasteiger partial charge in [0.05, 0.1) is 0 Å². The van der Waals surface area contributed by atoms with Crippen LogP contribution in [0.25, 0.3) is 10.8 Å². The van der Waals surface area contributed by atoms with Gasteiger partial charge in [-0.15, -0.1) is 0 Å². The lowest BCUT2D eigenvalue weighted by molar-refractivity contribution is 0.346. The Balaban J connectivity index is 1.75. The molecule has 1 aliphatic heterocycles. The summed E-state index contributed by atoms with van der Waals surface area (Å²) in [4.78, 5) is 2.27. The van der Waals surface area contributed by atoms with E-state index in [-0.39, 0.29) is 0 Å². The summed E-state index contributed by atoms with van der Waals surface area (Å²) in [7, 11) is 0. The van der Waals surface area contributed by atoms with Gasteiger partial charge < -0.3 is 10.2 Å². The third kappa shape index (κ3) is 2.87. The summed E-state index contributed by atoms with van der Waals surface area (Å²) >= 11 is 5.49. The zero-order valence-electron chi connectivity index (χ0n) is 10.9. The van der Waals surface area contributed by atoms with E-state index in [9.17, 15) is 0 Å². The largest absolute Gasteiger partial charge is 0.349 e. The molecule has 0 atom stereocenters. The van der Waals surface area contributed by atoms with Crippen molar-refractivity contribution in [1.29, 1.82) is 0 Å². The number of piperidine rings is 1. The van der Waals surface area contributed by atoms with E-state index in [1.807, 2.05) is 0 Å². The maximum absolute atomic E-state index is 5.49. The number of anilines is 1. The molecule has 0 bridgehead atoms. The number of hydrogen-bond acceptors (Lipinski definition) is 1. The van der Waals surface area contributed by atoms with Crippen LogP contribution >= 0.6 is 12.2 Å². The van der Waals surface area contributed by atoms with Crippen molar-refractivity contribution in [3.05, 3.63) is 42.5 Å². The van der Waals surface area contributed by atoms with Crippen LogP contribution in [0.4, 0.5) is 5.69 Å². The highest BCUT2D eigenvalue weighted by Gasteiger charge is 2.13. The maximum atomic E-state index is 5.49. The highest BCUT2D eigenvalue weighted by atomic mass is 32.1. The molecule has 0 radical (unpaired) electrons. The topological polar surface area (TPSA) is 15.3 Å². The molecule has 0 aromatic heterocycles. The molecule has 2 aromatic rings. The molecular weight excluding hydrogens is 252 g/mol. The van der Waals surface area contributed by atoms with E-state index in [2.05, 4.69) is 52.7 Å².